The number of carbonyl (C=O) groups is 1. The van der Waals surface area contributed by atoms with Gasteiger partial charge in [0.05, 0.1) is 4.88 Å². The standard InChI is InChI=1S/C13H12N2OS/c1-2-7-15-13(16)12-4-3-11(17-12)10-5-8-14-9-6-10/h2-6,8-9H,1,7H2,(H,15,16). The maximum Gasteiger partial charge on any atom is 0.261 e. The maximum absolute atomic E-state index is 11.7. The molecular formula is C13H12N2OS. The zero-order valence-corrected chi connectivity index (χ0v) is 10.0. The number of rotatable bonds is 4. The Bertz CT molecular complexity index is 519. The van der Waals surface area contributed by atoms with E-state index in [1.165, 1.54) is 11.3 Å². The number of carbonyl (C=O) groups excluding carboxylic acids is 1. The Balaban J connectivity index is 2.16. The Kier molecular flexibility index (Phi) is 3.67. The lowest BCUT2D eigenvalue weighted by molar-refractivity contribution is 0.0962. The lowest BCUT2D eigenvalue weighted by Gasteiger charge is -1.98. The van der Waals surface area contributed by atoms with Crippen LogP contribution in [0, 0.1) is 0 Å². The van der Waals surface area contributed by atoms with Gasteiger partial charge < -0.3 is 5.32 Å². The Morgan fingerprint density at radius 1 is 1.35 bits per heavy atom. The van der Waals surface area contributed by atoms with Crippen LogP contribution in [0.4, 0.5) is 0 Å². The number of hydrogen-bond donors (Lipinski definition) is 1. The quantitative estimate of drug-likeness (QED) is 0.840. The first-order valence-corrected chi connectivity index (χ1v) is 6.02. The van der Waals surface area contributed by atoms with Gasteiger partial charge in [-0.25, -0.2) is 0 Å². The monoisotopic (exact) mass is 244 g/mol. The van der Waals surface area contributed by atoms with Crippen LogP contribution in [0.15, 0.2) is 49.3 Å². The Labute approximate surface area is 104 Å². The summed E-state index contributed by atoms with van der Waals surface area (Å²) in [5.41, 5.74) is 1.08. The van der Waals surface area contributed by atoms with E-state index in [0.717, 1.165) is 10.4 Å². The summed E-state index contributed by atoms with van der Waals surface area (Å²) < 4.78 is 0. The topological polar surface area (TPSA) is 42.0 Å². The first-order valence-electron chi connectivity index (χ1n) is 5.20. The van der Waals surface area contributed by atoms with Crippen molar-refractivity contribution in [2.45, 2.75) is 0 Å². The van der Waals surface area contributed by atoms with Gasteiger partial charge in [-0.1, -0.05) is 6.08 Å². The van der Waals surface area contributed by atoms with Crippen LogP contribution in [0.1, 0.15) is 9.67 Å². The highest BCUT2D eigenvalue weighted by molar-refractivity contribution is 7.17. The number of nitrogens with one attached hydrogen (secondary N) is 1. The van der Waals surface area contributed by atoms with E-state index in [-0.39, 0.29) is 5.91 Å². The maximum atomic E-state index is 11.7. The van der Waals surface area contributed by atoms with E-state index < -0.39 is 0 Å². The van der Waals surface area contributed by atoms with Gasteiger partial charge in [0.2, 0.25) is 0 Å². The summed E-state index contributed by atoms with van der Waals surface area (Å²) in [4.78, 5) is 17.4. The second-order valence-electron chi connectivity index (χ2n) is 3.40. The lowest BCUT2D eigenvalue weighted by atomic mass is 10.2. The van der Waals surface area contributed by atoms with E-state index in [1.54, 1.807) is 18.5 Å². The van der Waals surface area contributed by atoms with E-state index in [2.05, 4.69) is 16.9 Å². The highest BCUT2D eigenvalue weighted by Gasteiger charge is 2.08. The zero-order valence-electron chi connectivity index (χ0n) is 9.22. The average molecular weight is 244 g/mol. The molecule has 0 unspecified atom stereocenters. The van der Waals surface area contributed by atoms with Gasteiger partial charge in [-0.05, 0) is 29.8 Å². The Morgan fingerprint density at radius 3 is 2.82 bits per heavy atom. The molecule has 1 N–H and O–H groups in total. The molecule has 0 radical (unpaired) electrons. The lowest BCUT2D eigenvalue weighted by Crippen LogP contribution is -2.21. The molecule has 0 aliphatic carbocycles. The minimum atomic E-state index is -0.0600. The van der Waals surface area contributed by atoms with Crippen LogP contribution in [-0.4, -0.2) is 17.4 Å². The number of hydrogen-bond acceptors (Lipinski definition) is 3. The Morgan fingerprint density at radius 2 is 2.12 bits per heavy atom. The number of nitrogens with zero attached hydrogens (tertiary/aromatic N) is 1. The van der Waals surface area contributed by atoms with Crippen LogP contribution < -0.4 is 5.32 Å². The first kappa shape index (κ1) is 11.5. The molecule has 3 nitrogen and oxygen atoms in total. The molecule has 2 rings (SSSR count). The van der Waals surface area contributed by atoms with Crippen molar-refractivity contribution in [3.8, 4) is 10.4 Å². The van der Waals surface area contributed by atoms with Gasteiger partial charge in [0.15, 0.2) is 0 Å². The van der Waals surface area contributed by atoms with Crippen molar-refractivity contribution in [2.24, 2.45) is 0 Å². The molecule has 17 heavy (non-hydrogen) atoms. The molecule has 0 bridgehead atoms. The summed E-state index contributed by atoms with van der Waals surface area (Å²) in [7, 11) is 0. The van der Waals surface area contributed by atoms with Crippen molar-refractivity contribution >= 4 is 17.2 Å². The molecular weight excluding hydrogens is 232 g/mol. The van der Waals surface area contributed by atoms with E-state index in [0.29, 0.717) is 11.4 Å². The molecule has 0 saturated heterocycles. The van der Waals surface area contributed by atoms with Crippen LogP contribution in [0.3, 0.4) is 0 Å². The second-order valence-corrected chi connectivity index (χ2v) is 4.48. The fraction of sp³-hybridized carbons (Fsp3) is 0.0769. The van der Waals surface area contributed by atoms with Crippen molar-refractivity contribution < 1.29 is 4.79 Å². The largest absolute Gasteiger partial charge is 0.348 e. The van der Waals surface area contributed by atoms with Crippen molar-refractivity contribution in [3.63, 3.8) is 0 Å². The number of thiophene rings is 1. The molecule has 0 fully saturated rings. The third-order valence-electron chi connectivity index (χ3n) is 2.20. The summed E-state index contributed by atoms with van der Waals surface area (Å²) in [6, 6.07) is 7.64. The number of pyridine rings is 1. The van der Waals surface area contributed by atoms with Crippen LogP contribution >= 0.6 is 11.3 Å². The van der Waals surface area contributed by atoms with Gasteiger partial charge >= 0.3 is 0 Å². The predicted octanol–water partition coefficient (Wildman–Crippen LogP) is 2.73. The van der Waals surface area contributed by atoms with Crippen molar-refractivity contribution in [2.75, 3.05) is 6.54 Å². The van der Waals surface area contributed by atoms with E-state index in [9.17, 15) is 4.79 Å². The van der Waals surface area contributed by atoms with Crippen LogP contribution in [0.5, 0.6) is 0 Å². The van der Waals surface area contributed by atoms with Gasteiger partial charge in [-0.15, -0.1) is 17.9 Å². The third-order valence-corrected chi connectivity index (χ3v) is 3.33. The van der Waals surface area contributed by atoms with Crippen molar-refractivity contribution in [1.29, 1.82) is 0 Å². The summed E-state index contributed by atoms with van der Waals surface area (Å²) in [6.07, 6.45) is 5.15. The van der Waals surface area contributed by atoms with Crippen LogP contribution in [-0.2, 0) is 0 Å². The third kappa shape index (κ3) is 2.79. The zero-order chi connectivity index (χ0) is 12.1. The molecule has 0 spiro atoms. The summed E-state index contributed by atoms with van der Waals surface area (Å²) in [5, 5.41) is 2.75. The van der Waals surface area contributed by atoms with Crippen LogP contribution in [0.2, 0.25) is 0 Å². The summed E-state index contributed by atoms with van der Waals surface area (Å²) >= 11 is 1.47. The molecule has 86 valence electrons. The van der Waals surface area contributed by atoms with E-state index >= 15 is 0 Å². The van der Waals surface area contributed by atoms with E-state index in [1.807, 2.05) is 24.3 Å². The molecule has 0 aliphatic heterocycles. The molecule has 4 heteroatoms. The smallest absolute Gasteiger partial charge is 0.261 e. The highest BCUT2D eigenvalue weighted by atomic mass is 32.1. The van der Waals surface area contributed by atoms with Crippen LogP contribution in [0.25, 0.3) is 10.4 Å². The van der Waals surface area contributed by atoms with Gasteiger partial charge in [0, 0.05) is 23.8 Å². The van der Waals surface area contributed by atoms with Crippen molar-refractivity contribution in [1.82, 2.24) is 10.3 Å². The average Bonchev–Trinajstić information content (AvgIpc) is 2.86. The first-order chi connectivity index (χ1) is 8.31. The van der Waals surface area contributed by atoms with Gasteiger partial charge in [0.25, 0.3) is 5.91 Å². The number of aromatic nitrogens is 1. The normalized spacial score (nSPS) is 9.88. The minimum Gasteiger partial charge on any atom is -0.348 e. The van der Waals surface area contributed by atoms with Crippen molar-refractivity contribution in [3.05, 3.63) is 54.2 Å². The summed E-state index contributed by atoms with van der Waals surface area (Å²) in [6.45, 7) is 4.05. The molecule has 2 aromatic heterocycles. The molecule has 1 amide bonds. The minimum absolute atomic E-state index is 0.0600. The van der Waals surface area contributed by atoms with Gasteiger partial charge in [-0.3, -0.25) is 9.78 Å². The summed E-state index contributed by atoms with van der Waals surface area (Å²) in [5.74, 6) is -0.0600. The predicted molar refractivity (Wildman–Crippen MR) is 70.1 cm³/mol. The second kappa shape index (κ2) is 5.41. The molecule has 0 aliphatic rings. The fourth-order valence-electron chi connectivity index (χ4n) is 1.38. The van der Waals surface area contributed by atoms with Gasteiger partial charge in [-0.2, -0.15) is 0 Å². The molecule has 0 aromatic carbocycles. The van der Waals surface area contributed by atoms with Gasteiger partial charge in [0.1, 0.15) is 0 Å². The molecule has 2 heterocycles. The Hall–Kier alpha value is -1.94. The molecule has 2 aromatic rings. The molecule has 0 saturated carbocycles. The van der Waals surface area contributed by atoms with E-state index in [4.69, 9.17) is 0 Å². The SMILES string of the molecule is C=CCNC(=O)c1ccc(-c2ccncc2)s1. The highest BCUT2D eigenvalue weighted by Crippen LogP contribution is 2.27. The molecule has 0 atom stereocenters. The number of amides is 1. The fourth-order valence-corrected chi connectivity index (χ4v) is 2.31.